The molecular weight excluding hydrogens is 314 g/mol. The number of rotatable bonds is 1. The second-order valence-electron chi connectivity index (χ2n) is 2.78. The van der Waals surface area contributed by atoms with Gasteiger partial charge in [-0.3, -0.25) is 0 Å². The third kappa shape index (κ3) is 1.76. The Bertz CT molecular complexity index is 470. The van der Waals surface area contributed by atoms with Crippen LogP contribution >= 0.6 is 34.2 Å². The molecule has 1 heterocycles. The van der Waals surface area contributed by atoms with Crippen molar-refractivity contribution in [1.29, 1.82) is 0 Å². The fourth-order valence-corrected chi connectivity index (χ4v) is 1.65. The molecule has 0 aliphatic heterocycles. The summed E-state index contributed by atoms with van der Waals surface area (Å²) in [7, 11) is 0. The molecule has 5 heteroatoms. The zero-order valence-electron chi connectivity index (χ0n) is 7.29. The quantitative estimate of drug-likeness (QED) is 0.757. The van der Waals surface area contributed by atoms with Gasteiger partial charge in [-0.2, -0.15) is 4.98 Å². The molecule has 0 amide bonds. The van der Waals surface area contributed by atoms with Crippen LogP contribution in [0.1, 0.15) is 5.56 Å². The van der Waals surface area contributed by atoms with Crippen LogP contribution in [0, 0.1) is 10.8 Å². The zero-order valence-corrected chi connectivity index (χ0v) is 10.2. The highest BCUT2D eigenvalue weighted by atomic mass is 127. The van der Waals surface area contributed by atoms with Gasteiger partial charge >= 0.3 is 0 Å². The maximum Gasteiger partial charge on any atom is 0.258 e. The second kappa shape index (κ2) is 3.86. The average Bonchev–Trinajstić information content (AvgIpc) is 2.57. The zero-order chi connectivity index (χ0) is 10.1. The highest BCUT2D eigenvalue weighted by molar-refractivity contribution is 14.1. The highest BCUT2D eigenvalue weighted by Crippen LogP contribution is 2.26. The first-order chi connectivity index (χ1) is 6.68. The monoisotopic (exact) mass is 320 g/mol. The van der Waals surface area contributed by atoms with Gasteiger partial charge in [0, 0.05) is 33.2 Å². The van der Waals surface area contributed by atoms with E-state index in [1.807, 2.05) is 47.7 Å². The SMILES string of the molecule is Cc1c(Cl)cccc1-c1nc(I)no1. The summed E-state index contributed by atoms with van der Waals surface area (Å²) < 4.78 is 5.65. The number of hydrogen-bond acceptors (Lipinski definition) is 3. The Balaban J connectivity index is 2.57. The molecule has 2 aromatic rings. The van der Waals surface area contributed by atoms with Crippen molar-refractivity contribution in [2.75, 3.05) is 0 Å². The molecule has 2 rings (SSSR count). The second-order valence-corrected chi connectivity index (χ2v) is 4.15. The lowest BCUT2D eigenvalue weighted by Crippen LogP contribution is -1.84. The summed E-state index contributed by atoms with van der Waals surface area (Å²) in [6, 6.07) is 5.61. The Hall–Kier alpha value is -0.620. The van der Waals surface area contributed by atoms with E-state index < -0.39 is 0 Å². The van der Waals surface area contributed by atoms with E-state index in [4.69, 9.17) is 16.1 Å². The summed E-state index contributed by atoms with van der Waals surface area (Å²) in [5.74, 6) is 0.509. The van der Waals surface area contributed by atoms with Gasteiger partial charge in [0.25, 0.3) is 5.89 Å². The lowest BCUT2D eigenvalue weighted by atomic mass is 10.1. The lowest BCUT2D eigenvalue weighted by molar-refractivity contribution is 0.425. The summed E-state index contributed by atoms with van der Waals surface area (Å²) in [4.78, 5) is 4.13. The lowest BCUT2D eigenvalue weighted by Gasteiger charge is -2.01. The first-order valence-electron chi connectivity index (χ1n) is 3.93. The van der Waals surface area contributed by atoms with Crippen molar-refractivity contribution >= 4 is 34.2 Å². The van der Waals surface area contributed by atoms with Gasteiger partial charge in [0.05, 0.1) is 0 Å². The molecule has 0 fully saturated rings. The predicted molar refractivity (Wildman–Crippen MR) is 62.2 cm³/mol. The fraction of sp³-hybridized carbons (Fsp3) is 0.111. The molecule has 0 aliphatic carbocycles. The van der Waals surface area contributed by atoms with Gasteiger partial charge in [0.15, 0.2) is 0 Å². The van der Waals surface area contributed by atoms with Gasteiger partial charge in [0.1, 0.15) is 0 Å². The van der Waals surface area contributed by atoms with Crippen LogP contribution in [0.4, 0.5) is 0 Å². The maximum absolute atomic E-state index is 5.98. The van der Waals surface area contributed by atoms with Crippen LogP contribution in [0.15, 0.2) is 22.7 Å². The minimum atomic E-state index is 0.509. The van der Waals surface area contributed by atoms with Gasteiger partial charge in [0.2, 0.25) is 3.83 Å². The Morgan fingerprint density at radius 2 is 2.21 bits per heavy atom. The van der Waals surface area contributed by atoms with Gasteiger partial charge in [-0.05, 0) is 24.6 Å². The van der Waals surface area contributed by atoms with Crippen molar-refractivity contribution in [3.05, 3.63) is 32.6 Å². The minimum absolute atomic E-state index is 0.509. The number of nitrogens with zero attached hydrogens (tertiary/aromatic N) is 2. The van der Waals surface area contributed by atoms with Crippen LogP contribution in [-0.4, -0.2) is 10.1 Å². The highest BCUT2D eigenvalue weighted by Gasteiger charge is 2.10. The molecule has 0 radical (unpaired) electrons. The molecule has 14 heavy (non-hydrogen) atoms. The van der Waals surface area contributed by atoms with Gasteiger partial charge in [-0.25, -0.2) is 0 Å². The molecule has 0 saturated carbocycles. The van der Waals surface area contributed by atoms with Gasteiger partial charge in [-0.15, -0.1) is 0 Å². The molecule has 3 nitrogen and oxygen atoms in total. The summed E-state index contributed by atoms with van der Waals surface area (Å²) in [6.07, 6.45) is 0. The minimum Gasteiger partial charge on any atom is -0.333 e. The van der Waals surface area contributed by atoms with E-state index in [0.717, 1.165) is 11.1 Å². The first-order valence-corrected chi connectivity index (χ1v) is 5.39. The molecule has 1 aromatic heterocycles. The van der Waals surface area contributed by atoms with Crippen molar-refractivity contribution < 1.29 is 4.52 Å². The normalized spacial score (nSPS) is 10.5. The molecule has 0 spiro atoms. The average molecular weight is 321 g/mol. The number of aromatic nitrogens is 2. The van der Waals surface area contributed by atoms with Crippen LogP contribution in [0.3, 0.4) is 0 Å². The largest absolute Gasteiger partial charge is 0.333 e. The molecule has 0 atom stereocenters. The Morgan fingerprint density at radius 1 is 1.43 bits per heavy atom. The number of hydrogen-bond donors (Lipinski definition) is 0. The number of halogens is 2. The van der Waals surface area contributed by atoms with E-state index in [9.17, 15) is 0 Å². The predicted octanol–water partition coefficient (Wildman–Crippen LogP) is 3.30. The third-order valence-corrected chi connectivity index (χ3v) is 2.75. The molecule has 0 bridgehead atoms. The summed E-state index contributed by atoms with van der Waals surface area (Å²) in [5.41, 5.74) is 1.84. The summed E-state index contributed by atoms with van der Waals surface area (Å²) in [5, 5.41) is 4.43. The van der Waals surface area contributed by atoms with Crippen molar-refractivity contribution in [3.63, 3.8) is 0 Å². The van der Waals surface area contributed by atoms with Crippen LogP contribution in [0.25, 0.3) is 11.5 Å². The van der Waals surface area contributed by atoms with Crippen LogP contribution in [0.2, 0.25) is 5.02 Å². The van der Waals surface area contributed by atoms with E-state index in [1.54, 1.807) is 0 Å². The standard InChI is InChI=1S/C9H6ClIN2O/c1-5-6(3-2-4-7(5)10)8-12-9(11)13-14-8/h2-4H,1H3. The van der Waals surface area contributed by atoms with Crippen LogP contribution < -0.4 is 0 Å². The van der Waals surface area contributed by atoms with Crippen molar-refractivity contribution in [3.8, 4) is 11.5 Å². The third-order valence-electron chi connectivity index (χ3n) is 1.90. The molecule has 1 aromatic carbocycles. The topological polar surface area (TPSA) is 38.9 Å². The first kappa shape index (κ1) is 9.92. The smallest absolute Gasteiger partial charge is 0.258 e. The van der Waals surface area contributed by atoms with Crippen LogP contribution in [0.5, 0.6) is 0 Å². The Labute approximate surface area is 99.6 Å². The summed E-state index contributed by atoms with van der Waals surface area (Å²) >= 11 is 7.98. The Morgan fingerprint density at radius 3 is 2.86 bits per heavy atom. The Kier molecular flexibility index (Phi) is 2.73. The van der Waals surface area contributed by atoms with Crippen molar-refractivity contribution in [2.45, 2.75) is 6.92 Å². The fourth-order valence-electron chi connectivity index (χ4n) is 1.15. The van der Waals surface area contributed by atoms with E-state index in [2.05, 4.69) is 10.1 Å². The molecule has 0 saturated heterocycles. The van der Waals surface area contributed by atoms with Gasteiger partial charge < -0.3 is 4.52 Å². The van der Waals surface area contributed by atoms with E-state index in [0.29, 0.717) is 14.7 Å². The van der Waals surface area contributed by atoms with E-state index in [-0.39, 0.29) is 0 Å². The van der Waals surface area contributed by atoms with Gasteiger partial charge in [-0.1, -0.05) is 22.8 Å². The molecular formula is C9H6ClIN2O. The molecule has 0 aliphatic rings. The number of benzene rings is 1. The van der Waals surface area contributed by atoms with Crippen molar-refractivity contribution in [1.82, 2.24) is 10.1 Å². The van der Waals surface area contributed by atoms with Crippen LogP contribution in [-0.2, 0) is 0 Å². The van der Waals surface area contributed by atoms with E-state index in [1.165, 1.54) is 0 Å². The van der Waals surface area contributed by atoms with E-state index >= 15 is 0 Å². The van der Waals surface area contributed by atoms with Crippen molar-refractivity contribution in [2.24, 2.45) is 0 Å². The maximum atomic E-state index is 5.98. The summed E-state index contributed by atoms with van der Waals surface area (Å²) in [6.45, 7) is 1.93. The molecule has 0 N–H and O–H groups in total. The molecule has 72 valence electrons. The molecule has 0 unspecified atom stereocenters.